The number of nitrogens with zero attached hydrogens (tertiary/aromatic N) is 5. The van der Waals surface area contributed by atoms with Crippen molar-refractivity contribution < 1.29 is 33.1 Å². The normalized spacial score (nSPS) is 20.2. The number of rotatable bonds is 10. The molecule has 53 heavy (non-hydrogen) atoms. The quantitative estimate of drug-likeness (QED) is 0.193. The van der Waals surface area contributed by atoms with Gasteiger partial charge in [0.15, 0.2) is 8.32 Å². The highest BCUT2D eigenvalue weighted by Gasteiger charge is 2.42. The van der Waals surface area contributed by atoms with Gasteiger partial charge in [-0.3, -0.25) is 28.4 Å². The van der Waals surface area contributed by atoms with Gasteiger partial charge in [-0.2, -0.15) is 0 Å². The molecular formula is C37H60N6O8Si2. The van der Waals surface area contributed by atoms with E-state index in [-0.39, 0.29) is 61.8 Å². The molecule has 2 fully saturated rings. The van der Waals surface area contributed by atoms with Crippen LogP contribution >= 0.6 is 0 Å². The molecule has 4 heterocycles. The number of carbonyl (C=O) groups excluding carboxylic acids is 4. The van der Waals surface area contributed by atoms with Crippen molar-refractivity contribution in [1.29, 1.82) is 0 Å². The molecule has 3 aliphatic rings. The Morgan fingerprint density at radius 2 is 1.66 bits per heavy atom. The summed E-state index contributed by atoms with van der Waals surface area (Å²) in [5.41, 5.74) is 0.980. The summed E-state index contributed by atoms with van der Waals surface area (Å²) in [5.74, 6) is -1.01. The van der Waals surface area contributed by atoms with Crippen LogP contribution in [0.4, 0.5) is 10.5 Å². The molecule has 0 spiro atoms. The Labute approximate surface area is 315 Å². The highest BCUT2D eigenvalue weighted by molar-refractivity contribution is 6.76. The van der Waals surface area contributed by atoms with Crippen LogP contribution in [-0.2, 0) is 30.0 Å². The van der Waals surface area contributed by atoms with E-state index in [1.807, 2.05) is 20.8 Å². The maximum absolute atomic E-state index is 14.6. The predicted octanol–water partition coefficient (Wildman–Crippen LogP) is 5.31. The Balaban J connectivity index is 1.45. The van der Waals surface area contributed by atoms with Crippen molar-refractivity contribution in [3.8, 4) is 0 Å². The maximum atomic E-state index is 14.6. The van der Waals surface area contributed by atoms with Crippen LogP contribution in [0, 0.1) is 0 Å². The van der Waals surface area contributed by atoms with Gasteiger partial charge in [0.2, 0.25) is 5.91 Å². The molecule has 2 aromatic rings. The van der Waals surface area contributed by atoms with Gasteiger partial charge in [0.05, 0.1) is 34.9 Å². The van der Waals surface area contributed by atoms with Crippen LogP contribution in [0.3, 0.4) is 0 Å². The summed E-state index contributed by atoms with van der Waals surface area (Å²) < 4.78 is 21.2. The first-order valence-corrected chi connectivity index (χ1v) is 25.5. The number of carbonyl (C=O) groups is 4. The summed E-state index contributed by atoms with van der Waals surface area (Å²) in [4.78, 5) is 73.1. The lowest BCUT2D eigenvalue weighted by Gasteiger charge is -2.44. The number of hydrogen-bond acceptors (Lipinski definition) is 9. The second kappa shape index (κ2) is 15.0. The van der Waals surface area contributed by atoms with Gasteiger partial charge in [0.1, 0.15) is 18.4 Å². The molecule has 16 heteroatoms. The summed E-state index contributed by atoms with van der Waals surface area (Å²) in [7, 11) is -3.57. The Morgan fingerprint density at radius 1 is 0.962 bits per heavy atom. The average Bonchev–Trinajstić information content (AvgIpc) is 3.33. The largest absolute Gasteiger partial charge is 0.444 e. The third-order valence-corrected chi connectivity index (χ3v) is 17.0. The van der Waals surface area contributed by atoms with Gasteiger partial charge < -0.3 is 29.0 Å². The summed E-state index contributed by atoms with van der Waals surface area (Å²) in [6.07, 6.45) is -0.118. The molecule has 3 aliphatic heterocycles. The zero-order valence-electron chi connectivity index (χ0n) is 33.6. The SMILES string of the molecule is CC(C)(C)OC(=O)N1CCN(C(=O)c2ccc3c4c2NCCn4c(=O)n3C2CCC(=O)N(COCC[Si](C)(C)C)C2=O)[C@@H](CO[Si](C)(C)C(C)(C)C)C1. The first-order chi connectivity index (χ1) is 24.5. The summed E-state index contributed by atoms with van der Waals surface area (Å²) in [5, 5.41) is 3.33. The fraction of sp³-hybridized carbons (Fsp3) is 0.703. The Bertz CT molecular complexity index is 1800. The fourth-order valence-corrected chi connectivity index (χ4v) is 8.50. The van der Waals surface area contributed by atoms with E-state index < -0.39 is 46.1 Å². The number of imide groups is 1. The highest BCUT2D eigenvalue weighted by atomic mass is 28.4. The molecule has 1 aromatic heterocycles. The monoisotopic (exact) mass is 772 g/mol. The Hall–Kier alpha value is -3.48. The van der Waals surface area contributed by atoms with Crippen molar-refractivity contribution in [2.45, 2.75) is 122 Å². The van der Waals surface area contributed by atoms with Crippen molar-refractivity contribution in [3.63, 3.8) is 0 Å². The van der Waals surface area contributed by atoms with Gasteiger partial charge in [-0.25, -0.2) is 9.59 Å². The fourth-order valence-electron chi connectivity index (χ4n) is 6.70. The lowest BCUT2D eigenvalue weighted by molar-refractivity contribution is -0.157. The maximum Gasteiger partial charge on any atom is 0.410 e. The molecule has 294 valence electrons. The number of piperazine rings is 1. The number of amides is 4. The van der Waals surface area contributed by atoms with Gasteiger partial charge >= 0.3 is 11.8 Å². The van der Waals surface area contributed by atoms with E-state index in [0.29, 0.717) is 48.5 Å². The summed E-state index contributed by atoms with van der Waals surface area (Å²) in [6.45, 7) is 25.1. The molecule has 0 saturated carbocycles. The van der Waals surface area contributed by atoms with Crippen LogP contribution in [0.25, 0.3) is 11.0 Å². The molecule has 0 aliphatic carbocycles. The number of ether oxygens (including phenoxy) is 2. The lowest BCUT2D eigenvalue weighted by Crippen LogP contribution is -2.59. The second-order valence-electron chi connectivity index (χ2n) is 18.3. The topological polar surface area (TPSA) is 145 Å². The lowest BCUT2D eigenvalue weighted by atomic mass is 10.0. The van der Waals surface area contributed by atoms with E-state index >= 15 is 0 Å². The number of anilines is 1. The number of imidazole rings is 1. The molecule has 0 radical (unpaired) electrons. The van der Waals surface area contributed by atoms with Gasteiger partial charge in [-0.15, -0.1) is 0 Å². The van der Waals surface area contributed by atoms with Crippen LogP contribution in [0.2, 0.25) is 43.8 Å². The molecule has 1 N–H and O–H groups in total. The van der Waals surface area contributed by atoms with Gasteiger partial charge in [-0.1, -0.05) is 40.4 Å². The molecule has 4 amide bonds. The van der Waals surface area contributed by atoms with E-state index in [4.69, 9.17) is 13.9 Å². The first kappa shape index (κ1) is 40.7. The molecule has 1 aromatic carbocycles. The number of likely N-dealkylation sites (tertiary alicyclic amines) is 1. The zero-order valence-corrected chi connectivity index (χ0v) is 35.6. The first-order valence-electron chi connectivity index (χ1n) is 18.9. The Morgan fingerprint density at radius 3 is 2.30 bits per heavy atom. The number of nitrogens with one attached hydrogen (secondary N) is 1. The van der Waals surface area contributed by atoms with Crippen molar-refractivity contribution in [1.82, 2.24) is 23.8 Å². The van der Waals surface area contributed by atoms with Crippen molar-refractivity contribution in [2.75, 3.05) is 51.4 Å². The molecule has 0 bridgehead atoms. The third kappa shape index (κ3) is 8.76. The number of benzene rings is 1. The molecular weight excluding hydrogens is 713 g/mol. The van der Waals surface area contributed by atoms with Crippen LogP contribution in [-0.4, -0.2) is 122 Å². The smallest absolute Gasteiger partial charge is 0.410 e. The zero-order chi connectivity index (χ0) is 39.3. The Kier molecular flexibility index (Phi) is 11.5. The predicted molar refractivity (Wildman–Crippen MR) is 210 cm³/mol. The third-order valence-electron chi connectivity index (χ3n) is 10.8. The second-order valence-corrected chi connectivity index (χ2v) is 28.7. The van der Waals surface area contributed by atoms with E-state index in [0.717, 1.165) is 10.9 Å². The molecule has 2 atom stereocenters. The average molecular weight is 773 g/mol. The minimum absolute atomic E-state index is 0.0536. The minimum Gasteiger partial charge on any atom is -0.444 e. The van der Waals surface area contributed by atoms with Crippen molar-refractivity contribution in [3.05, 3.63) is 28.2 Å². The van der Waals surface area contributed by atoms with Gasteiger partial charge in [0.25, 0.3) is 11.8 Å². The highest BCUT2D eigenvalue weighted by Crippen LogP contribution is 2.38. The van der Waals surface area contributed by atoms with E-state index in [1.165, 1.54) is 4.57 Å². The number of piperidine rings is 1. The minimum atomic E-state index is -2.21. The summed E-state index contributed by atoms with van der Waals surface area (Å²) in [6, 6.07) is 3.02. The van der Waals surface area contributed by atoms with Crippen molar-refractivity contribution in [2.24, 2.45) is 0 Å². The number of aromatic nitrogens is 2. The van der Waals surface area contributed by atoms with E-state index in [2.05, 4.69) is 58.8 Å². The standard InChI is InChI=1S/C37H60N6O8Si2/c1-36(2,3)51-35(48)39-18-19-40(25(22-39)23-50-53(10,11)37(4,5)6)32(45)26-12-13-27-31-30(26)38-16-17-41(31)34(47)43(27)28-14-15-29(44)42(33(28)46)24-49-20-21-52(7,8)9/h12-13,25,28,38H,14-24H2,1-11H3/t25-,28?/m1/s1. The van der Waals surface area contributed by atoms with Crippen LogP contribution < -0.4 is 11.0 Å². The summed E-state index contributed by atoms with van der Waals surface area (Å²) >= 11 is 0. The van der Waals surface area contributed by atoms with Crippen LogP contribution in [0.5, 0.6) is 0 Å². The number of hydrogen-bond donors (Lipinski definition) is 1. The van der Waals surface area contributed by atoms with Gasteiger partial charge in [0, 0.05) is 53.8 Å². The van der Waals surface area contributed by atoms with Crippen LogP contribution in [0.15, 0.2) is 16.9 Å². The molecule has 14 nitrogen and oxygen atoms in total. The van der Waals surface area contributed by atoms with Crippen LogP contribution in [0.1, 0.15) is 70.8 Å². The van der Waals surface area contributed by atoms with Gasteiger partial charge in [-0.05, 0) is 63.5 Å². The van der Waals surface area contributed by atoms with Crippen molar-refractivity contribution >= 4 is 56.9 Å². The van der Waals surface area contributed by atoms with E-state index in [1.54, 1.807) is 26.5 Å². The molecule has 1 unspecified atom stereocenters. The molecule has 2 saturated heterocycles. The van der Waals surface area contributed by atoms with E-state index in [9.17, 15) is 24.0 Å². The molecule has 5 rings (SSSR count).